The van der Waals surface area contributed by atoms with E-state index in [9.17, 15) is 4.79 Å². The summed E-state index contributed by atoms with van der Waals surface area (Å²) >= 11 is 0. The van der Waals surface area contributed by atoms with Gasteiger partial charge in [0.25, 0.3) is 0 Å². The van der Waals surface area contributed by atoms with E-state index in [0.717, 1.165) is 22.5 Å². The molecule has 0 aliphatic heterocycles. The van der Waals surface area contributed by atoms with E-state index in [1.807, 2.05) is 53.2 Å². The van der Waals surface area contributed by atoms with Gasteiger partial charge in [-0.3, -0.25) is 4.79 Å². The average Bonchev–Trinajstić information content (AvgIpc) is 2.87. The fourth-order valence-corrected chi connectivity index (χ4v) is 2.10. The number of rotatable bonds is 2. The summed E-state index contributed by atoms with van der Waals surface area (Å²) < 4.78 is 1.91. The van der Waals surface area contributed by atoms with E-state index in [1.54, 1.807) is 6.20 Å². The van der Waals surface area contributed by atoms with Crippen LogP contribution in [0.5, 0.6) is 0 Å². The number of nitrogens with one attached hydrogen (secondary N) is 1. The molecule has 0 atom stereocenters. The summed E-state index contributed by atoms with van der Waals surface area (Å²) in [5.74, 6) is -0.102. The van der Waals surface area contributed by atoms with Crippen LogP contribution in [0.2, 0.25) is 0 Å². The fraction of sp³-hybridized carbons (Fsp3) is 0.0667. The molecule has 0 aliphatic rings. The van der Waals surface area contributed by atoms with Crippen LogP contribution in [0.15, 0.2) is 55.0 Å². The van der Waals surface area contributed by atoms with E-state index >= 15 is 0 Å². The van der Waals surface area contributed by atoms with Gasteiger partial charge in [-0.1, -0.05) is 30.3 Å². The second-order valence-corrected chi connectivity index (χ2v) is 4.35. The molecule has 1 aromatic carbocycles. The molecule has 0 spiro atoms. The normalized spacial score (nSPS) is 10.6. The van der Waals surface area contributed by atoms with Gasteiger partial charge in [0, 0.05) is 31.1 Å². The number of pyridine rings is 1. The van der Waals surface area contributed by atoms with E-state index < -0.39 is 0 Å². The highest BCUT2D eigenvalue weighted by Gasteiger charge is 2.07. The van der Waals surface area contributed by atoms with Gasteiger partial charge >= 0.3 is 0 Å². The minimum Gasteiger partial charge on any atom is -0.323 e. The van der Waals surface area contributed by atoms with Crippen LogP contribution < -0.4 is 5.32 Å². The number of benzene rings is 1. The predicted octanol–water partition coefficient (Wildman–Crippen LogP) is 2.96. The molecule has 0 fully saturated rings. The number of carbonyl (C=O) groups excluding carboxylic acids is 1. The Morgan fingerprint density at radius 2 is 2.00 bits per heavy atom. The third-order valence-corrected chi connectivity index (χ3v) is 2.91. The number of fused-ring (bicyclic) bond motifs is 1. The lowest BCUT2D eigenvalue weighted by Crippen LogP contribution is -2.07. The molecule has 3 aromatic rings. The van der Waals surface area contributed by atoms with E-state index in [1.165, 1.54) is 6.92 Å². The summed E-state index contributed by atoms with van der Waals surface area (Å²) in [6, 6.07) is 12.0. The van der Waals surface area contributed by atoms with Crippen molar-refractivity contribution < 1.29 is 4.79 Å². The summed E-state index contributed by atoms with van der Waals surface area (Å²) in [5.41, 5.74) is 3.60. The van der Waals surface area contributed by atoms with Crippen molar-refractivity contribution in [3.63, 3.8) is 0 Å². The van der Waals surface area contributed by atoms with Crippen molar-refractivity contribution in [1.29, 1.82) is 0 Å². The molecule has 3 rings (SSSR count). The summed E-state index contributed by atoms with van der Waals surface area (Å²) in [5, 5.41) is 2.82. The molecule has 4 heteroatoms. The third-order valence-electron chi connectivity index (χ3n) is 2.91. The van der Waals surface area contributed by atoms with Crippen LogP contribution in [-0.4, -0.2) is 15.3 Å². The first-order valence-corrected chi connectivity index (χ1v) is 6.04. The highest BCUT2D eigenvalue weighted by atomic mass is 16.1. The molecule has 19 heavy (non-hydrogen) atoms. The number of aromatic nitrogens is 2. The van der Waals surface area contributed by atoms with E-state index in [2.05, 4.69) is 10.3 Å². The molecule has 0 aliphatic carbocycles. The predicted molar refractivity (Wildman–Crippen MR) is 74.9 cm³/mol. The van der Waals surface area contributed by atoms with Crippen molar-refractivity contribution in [1.82, 2.24) is 9.38 Å². The molecule has 0 saturated heterocycles. The zero-order valence-electron chi connectivity index (χ0n) is 10.5. The van der Waals surface area contributed by atoms with Crippen LogP contribution in [0.25, 0.3) is 16.8 Å². The van der Waals surface area contributed by atoms with Crippen LogP contribution in [0.1, 0.15) is 6.92 Å². The molecule has 2 heterocycles. The molecule has 1 N–H and O–H groups in total. The zero-order valence-corrected chi connectivity index (χ0v) is 10.5. The summed E-state index contributed by atoms with van der Waals surface area (Å²) in [7, 11) is 0. The van der Waals surface area contributed by atoms with Crippen molar-refractivity contribution in [2.75, 3.05) is 5.32 Å². The Morgan fingerprint density at radius 3 is 2.74 bits per heavy atom. The number of amides is 1. The lowest BCUT2D eigenvalue weighted by Gasteiger charge is -2.08. The Balaban J connectivity index is 2.19. The molecule has 4 nitrogen and oxygen atoms in total. The Morgan fingerprint density at radius 1 is 1.21 bits per heavy atom. The minimum atomic E-state index is -0.102. The molecular formula is C15H13N3O. The number of anilines is 1. The van der Waals surface area contributed by atoms with Crippen LogP contribution in [-0.2, 0) is 4.79 Å². The smallest absolute Gasteiger partial charge is 0.221 e. The monoisotopic (exact) mass is 251 g/mol. The summed E-state index contributed by atoms with van der Waals surface area (Å²) in [6.45, 7) is 1.49. The van der Waals surface area contributed by atoms with Crippen molar-refractivity contribution in [3.8, 4) is 11.1 Å². The van der Waals surface area contributed by atoms with Crippen LogP contribution in [0, 0.1) is 0 Å². The summed E-state index contributed by atoms with van der Waals surface area (Å²) in [6.07, 6.45) is 5.59. The van der Waals surface area contributed by atoms with Crippen molar-refractivity contribution in [2.45, 2.75) is 6.92 Å². The lowest BCUT2D eigenvalue weighted by molar-refractivity contribution is -0.114. The first-order valence-electron chi connectivity index (χ1n) is 6.04. The van der Waals surface area contributed by atoms with Crippen LogP contribution in [0.4, 0.5) is 5.69 Å². The van der Waals surface area contributed by atoms with Gasteiger partial charge in [0.2, 0.25) is 5.91 Å². The standard InChI is InChI=1S/C15H13N3O/c1-11(19)17-14-9-13(12-5-3-2-4-6-12)10-18-8-7-16-15(14)18/h2-10H,1H3,(H,17,19). The van der Waals surface area contributed by atoms with E-state index in [0.29, 0.717) is 0 Å². The number of hydrogen-bond donors (Lipinski definition) is 1. The Hall–Kier alpha value is -2.62. The second kappa shape index (κ2) is 4.57. The largest absolute Gasteiger partial charge is 0.323 e. The third kappa shape index (κ3) is 2.20. The van der Waals surface area contributed by atoms with Gasteiger partial charge in [-0.15, -0.1) is 0 Å². The Labute approximate surface area is 110 Å². The van der Waals surface area contributed by atoms with Crippen molar-refractivity contribution in [2.24, 2.45) is 0 Å². The molecule has 94 valence electrons. The van der Waals surface area contributed by atoms with Gasteiger partial charge in [0.1, 0.15) is 0 Å². The van der Waals surface area contributed by atoms with Gasteiger partial charge in [-0.05, 0) is 11.6 Å². The molecular weight excluding hydrogens is 238 g/mol. The highest BCUT2D eigenvalue weighted by molar-refractivity contribution is 5.93. The Bertz CT molecular complexity index is 731. The van der Waals surface area contributed by atoms with Crippen LogP contribution in [0.3, 0.4) is 0 Å². The second-order valence-electron chi connectivity index (χ2n) is 4.35. The maximum atomic E-state index is 11.3. The van der Waals surface area contributed by atoms with Gasteiger partial charge in [0.15, 0.2) is 5.65 Å². The molecule has 0 unspecified atom stereocenters. The number of hydrogen-bond acceptors (Lipinski definition) is 2. The number of nitrogens with zero attached hydrogens (tertiary/aromatic N) is 2. The number of carbonyl (C=O) groups is 1. The molecule has 0 bridgehead atoms. The lowest BCUT2D eigenvalue weighted by atomic mass is 10.1. The fourth-order valence-electron chi connectivity index (χ4n) is 2.10. The topological polar surface area (TPSA) is 46.4 Å². The van der Waals surface area contributed by atoms with Crippen LogP contribution >= 0.6 is 0 Å². The molecule has 2 aromatic heterocycles. The average molecular weight is 251 g/mol. The minimum absolute atomic E-state index is 0.102. The zero-order chi connectivity index (χ0) is 13.2. The van der Waals surface area contributed by atoms with E-state index in [4.69, 9.17) is 0 Å². The summed E-state index contributed by atoms with van der Waals surface area (Å²) in [4.78, 5) is 15.5. The molecule has 0 saturated carbocycles. The van der Waals surface area contributed by atoms with Gasteiger partial charge in [-0.25, -0.2) is 4.98 Å². The first-order chi connectivity index (χ1) is 9.24. The van der Waals surface area contributed by atoms with Crippen molar-refractivity contribution >= 4 is 17.2 Å². The molecule has 1 amide bonds. The quantitative estimate of drug-likeness (QED) is 0.761. The maximum absolute atomic E-state index is 11.3. The van der Waals surface area contributed by atoms with Gasteiger partial charge in [-0.2, -0.15) is 0 Å². The maximum Gasteiger partial charge on any atom is 0.221 e. The van der Waals surface area contributed by atoms with Gasteiger partial charge in [0.05, 0.1) is 5.69 Å². The molecule has 0 radical (unpaired) electrons. The number of imidazole rings is 1. The van der Waals surface area contributed by atoms with Crippen molar-refractivity contribution in [3.05, 3.63) is 55.0 Å². The van der Waals surface area contributed by atoms with E-state index in [-0.39, 0.29) is 5.91 Å². The Kier molecular flexibility index (Phi) is 2.76. The SMILES string of the molecule is CC(=O)Nc1cc(-c2ccccc2)cn2ccnc12. The first kappa shape index (κ1) is 11.5. The highest BCUT2D eigenvalue weighted by Crippen LogP contribution is 2.25. The van der Waals surface area contributed by atoms with Gasteiger partial charge < -0.3 is 9.72 Å².